The Balaban J connectivity index is 1.70. The molecule has 21 N–H and O–H groups in total. The molecule has 482 valence electrons. The Morgan fingerprint density at radius 3 is 1.50 bits per heavy atom. The van der Waals surface area contributed by atoms with Crippen LogP contribution in [0.25, 0.3) is 0 Å². The van der Waals surface area contributed by atoms with E-state index in [1.54, 1.807) is 0 Å². The zero-order valence-corrected chi connectivity index (χ0v) is 44.8. The van der Waals surface area contributed by atoms with Crippen molar-refractivity contribution in [3.05, 3.63) is 0 Å². The molecule has 0 unspecified atom stereocenters. The summed E-state index contributed by atoms with van der Waals surface area (Å²) in [6.07, 6.45) is -57.1. The van der Waals surface area contributed by atoms with Gasteiger partial charge in [0.2, 0.25) is 0 Å². The summed E-state index contributed by atoms with van der Waals surface area (Å²) in [4.78, 5) is 25.3. The van der Waals surface area contributed by atoms with Gasteiger partial charge in [-0.25, -0.2) is 26.3 Å². The standard InChI is InChI=1S/C30H53N3O43S6/c31-9-19(75-81(59,60)61)18(70-29-15(41)14(40)20(23(73-29)25(43)44)72-28-10(33-78(50,51)52)13(39)12(38)8(68-28)4-66-80(56,57)58)7(2-35)67-27(9)71-21-16(42)22(76-82(62,63)64)30(74-24(21)26(45)46)69-17(6(36)3-65-79(53,54)55)11(37)5(1-34)32-77(47,48)49/h5-24,27-30,32-42H,1-4,31H2,(H,43,44)(H,45,46)(H,47,48,49)(H,50,51,52)(H,53,54,55)(H,56,57,58)(H,59,60,61)(H,62,63,64)/t5-,6+,7+,8+,9+,10+,11+,12+,13+,14+,15+,16-,17+,18+,19+,20-,21-,22+,23-,24+,27+,28+,29+,30+/m0/s1. The second-order valence-electron chi connectivity index (χ2n) is 17.2. The number of carboxylic acids is 2. The van der Waals surface area contributed by atoms with E-state index in [1.165, 1.54) is 9.44 Å². The fourth-order valence-corrected chi connectivity index (χ4v) is 10.8. The van der Waals surface area contributed by atoms with Crippen molar-refractivity contribution in [1.82, 2.24) is 9.44 Å². The monoisotopic (exact) mass is 1340 g/mol. The van der Waals surface area contributed by atoms with Crippen molar-refractivity contribution >= 4 is 74.1 Å². The first-order valence-electron chi connectivity index (χ1n) is 21.7. The molecule has 0 aromatic heterocycles. The van der Waals surface area contributed by atoms with Crippen molar-refractivity contribution in [2.24, 2.45) is 5.73 Å². The predicted octanol–water partition coefficient (Wildman–Crippen LogP) is -14.0. The van der Waals surface area contributed by atoms with Crippen molar-refractivity contribution in [2.75, 3.05) is 26.4 Å². The van der Waals surface area contributed by atoms with E-state index < -0.39 is 248 Å². The third kappa shape index (κ3) is 20.3. The molecule has 4 rings (SSSR count). The van der Waals surface area contributed by atoms with Crippen LogP contribution >= 0.6 is 0 Å². The average Bonchev–Trinajstić information content (AvgIpc) is 3.31. The molecule has 0 amide bonds. The molecule has 4 saturated heterocycles. The Labute approximate surface area is 459 Å². The quantitative estimate of drug-likeness (QED) is 0.0309. The lowest BCUT2D eigenvalue weighted by Crippen LogP contribution is -2.70. The van der Waals surface area contributed by atoms with Crippen molar-refractivity contribution in [3.63, 3.8) is 0 Å². The summed E-state index contributed by atoms with van der Waals surface area (Å²) in [5, 5.41) is 117. The van der Waals surface area contributed by atoms with Crippen LogP contribution < -0.4 is 15.2 Å². The van der Waals surface area contributed by atoms with Crippen molar-refractivity contribution in [1.29, 1.82) is 0 Å². The van der Waals surface area contributed by atoms with Gasteiger partial charge in [-0.15, -0.1) is 0 Å². The topological polar surface area (TPSA) is 744 Å². The highest BCUT2D eigenvalue weighted by atomic mass is 32.3. The number of rotatable bonds is 29. The number of hydrogen-bond donors (Lipinski definition) is 20. The molecule has 4 heterocycles. The second kappa shape index (κ2) is 28.1. The highest BCUT2D eigenvalue weighted by Crippen LogP contribution is 2.37. The number of nitrogens with two attached hydrogens (primary N) is 1. The molecule has 24 atom stereocenters. The highest BCUT2D eigenvalue weighted by molar-refractivity contribution is 7.84. The fraction of sp³-hybridized carbons (Fsp3) is 0.933. The number of carboxylic acid groups (broad SMARTS) is 2. The second-order valence-corrected chi connectivity index (χ2v) is 23.8. The van der Waals surface area contributed by atoms with Crippen LogP contribution in [0.5, 0.6) is 0 Å². The van der Waals surface area contributed by atoms with Gasteiger partial charge in [0.05, 0.1) is 38.5 Å². The lowest BCUT2D eigenvalue weighted by Gasteiger charge is -2.49. The lowest BCUT2D eigenvalue weighted by molar-refractivity contribution is -0.370. The van der Waals surface area contributed by atoms with Gasteiger partial charge in [0.1, 0.15) is 91.5 Å². The van der Waals surface area contributed by atoms with Gasteiger partial charge in [0, 0.05) is 0 Å². The summed E-state index contributed by atoms with van der Waals surface area (Å²) in [7, 11) is -33.7. The third-order valence-electron chi connectivity index (χ3n) is 11.4. The van der Waals surface area contributed by atoms with E-state index in [4.69, 9.17) is 52.7 Å². The van der Waals surface area contributed by atoms with Gasteiger partial charge in [0.25, 0.3) is 0 Å². The molecule has 0 aliphatic carbocycles. The molecule has 0 spiro atoms. The summed E-state index contributed by atoms with van der Waals surface area (Å²) in [5.41, 5.74) is 6.13. The van der Waals surface area contributed by atoms with Gasteiger partial charge in [-0.3, -0.25) is 27.3 Å². The Hall–Kier alpha value is -2.56. The summed E-state index contributed by atoms with van der Waals surface area (Å²) < 4.78 is 258. The minimum atomic E-state index is -6.01. The van der Waals surface area contributed by atoms with E-state index in [1.807, 2.05) is 0 Å². The van der Waals surface area contributed by atoms with Gasteiger partial charge in [-0.05, 0) is 0 Å². The van der Waals surface area contributed by atoms with Crippen molar-refractivity contribution in [3.8, 4) is 0 Å². The molecule has 4 aliphatic rings. The average molecular weight is 1340 g/mol. The van der Waals surface area contributed by atoms with Crippen molar-refractivity contribution < 1.29 is 198 Å². The molecule has 4 aliphatic heterocycles. The number of hydrogen-bond acceptors (Lipinski definition) is 36. The Bertz CT molecular complexity index is 2870. The Morgan fingerprint density at radius 1 is 0.537 bits per heavy atom. The van der Waals surface area contributed by atoms with E-state index in [-0.39, 0.29) is 0 Å². The molecule has 0 saturated carbocycles. The molecular weight excluding hydrogens is 1280 g/mol. The molecule has 0 aromatic rings. The van der Waals surface area contributed by atoms with E-state index in [2.05, 4.69) is 16.7 Å². The van der Waals surface area contributed by atoms with Crippen molar-refractivity contribution in [2.45, 2.75) is 147 Å². The maximum absolute atomic E-state index is 12.7. The van der Waals surface area contributed by atoms with Crippen LogP contribution in [0.3, 0.4) is 0 Å². The maximum Gasteiger partial charge on any atom is 0.397 e. The first-order chi connectivity index (χ1) is 37.3. The minimum Gasteiger partial charge on any atom is -0.479 e. The molecule has 82 heavy (non-hydrogen) atoms. The summed E-state index contributed by atoms with van der Waals surface area (Å²) >= 11 is 0. The maximum atomic E-state index is 12.7. The number of aliphatic hydroxyl groups excluding tert-OH is 9. The Kier molecular flexibility index (Phi) is 24.6. The SMILES string of the molecule is N[C@H]1[C@@H](O[C@H]2[C@H](O)[C@@H](OS(=O)(=O)O)[C@H](O[C@@H]([C@H](O)[C@H](CO)NS(=O)(=O)O)[C@H](O)COS(=O)(=O)O)O[C@H]2C(=O)O)O[C@H](CO)[C@@H](O[C@@H]2O[C@H](C(=O)O)[C@@H](O[C@H]3O[C@H](COS(=O)(=O)O)[C@@H](O)[C@H](O)[C@H]3NS(=O)(=O)O)[C@H](O)[C@H]2O)[C@@H]1OS(=O)(=O)O. The molecule has 0 bridgehead atoms. The molecule has 52 heteroatoms. The number of carbonyl (C=O) groups is 2. The van der Waals surface area contributed by atoms with E-state index in [0.29, 0.717) is 0 Å². The number of aliphatic carboxylic acids is 2. The number of aliphatic hydroxyl groups is 9. The summed E-state index contributed by atoms with van der Waals surface area (Å²) in [6, 6.07) is -7.44. The zero-order chi connectivity index (χ0) is 62.7. The fourth-order valence-electron chi connectivity index (χ4n) is 7.99. The van der Waals surface area contributed by atoms with E-state index >= 15 is 0 Å². The molecule has 4 fully saturated rings. The summed E-state index contributed by atoms with van der Waals surface area (Å²) in [6.45, 7) is -6.29. The first-order valence-corrected chi connectivity index (χ1v) is 30.1. The van der Waals surface area contributed by atoms with Crippen LogP contribution in [-0.4, -0.2) is 319 Å². The van der Waals surface area contributed by atoms with Gasteiger partial charge in [-0.2, -0.15) is 60.0 Å². The smallest absolute Gasteiger partial charge is 0.397 e. The van der Waals surface area contributed by atoms with E-state index in [9.17, 15) is 134 Å². The van der Waals surface area contributed by atoms with Gasteiger partial charge >= 0.3 is 74.1 Å². The molecule has 0 aromatic carbocycles. The van der Waals surface area contributed by atoms with Crippen LogP contribution in [0.15, 0.2) is 0 Å². The number of ether oxygens (including phenoxy) is 8. The van der Waals surface area contributed by atoms with Crippen LogP contribution in [0, 0.1) is 0 Å². The lowest BCUT2D eigenvalue weighted by atomic mass is 9.94. The summed E-state index contributed by atoms with van der Waals surface area (Å²) in [5.74, 6) is -4.58. The van der Waals surface area contributed by atoms with Gasteiger partial charge < -0.3 is 99.8 Å². The predicted molar refractivity (Wildman–Crippen MR) is 238 cm³/mol. The van der Waals surface area contributed by atoms with Crippen LogP contribution in [0.2, 0.25) is 0 Å². The van der Waals surface area contributed by atoms with Gasteiger partial charge in [-0.1, -0.05) is 0 Å². The molecule has 0 radical (unpaired) electrons. The largest absolute Gasteiger partial charge is 0.479 e. The zero-order valence-electron chi connectivity index (χ0n) is 39.9. The van der Waals surface area contributed by atoms with Crippen LogP contribution in [0.4, 0.5) is 0 Å². The normalized spacial score (nSPS) is 37.1. The van der Waals surface area contributed by atoms with E-state index in [0.717, 1.165) is 0 Å². The minimum absolute atomic E-state index is 1.21. The van der Waals surface area contributed by atoms with Gasteiger partial charge in [0.15, 0.2) is 43.5 Å². The highest BCUT2D eigenvalue weighted by Gasteiger charge is 2.59. The molecular formula is C30H53N3O43S6. The Morgan fingerprint density at radius 2 is 1.02 bits per heavy atom. The van der Waals surface area contributed by atoms with Crippen LogP contribution in [-0.2, 0) is 126 Å². The third-order valence-corrected chi connectivity index (χ3v) is 14.4. The first kappa shape index (κ1) is 71.9. The van der Waals surface area contributed by atoms with Crippen LogP contribution in [0.1, 0.15) is 0 Å². The molecule has 46 nitrogen and oxygen atoms in total. The number of nitrogens with one attached hydrogen (secondary N) is 2.